The van der Waals surface area contributed by atoms with Crippen molar-refractivity contribution in [3.8, 4) is 0 Å². The van der Waals surface area contributed by atoms with E-state index in [9.17, 15) is 18.0 Å². The lowest BCUT2D eigenvalue weighted by molar-refractivity contribution is -0.143. The Morgan fingerprint density at radius 1 is 1.35 bits per heavy atom. The van der Waals surface area contributed by atoms with E-state index in [1.807, 2.05) is 0 Å². The van der Waals surface area contributed by atoms with Crippen LogP contribution >= 0.6 is 0 Å². The van der Waals surface area contributed by atoms with Crippen molar-refractivity contribution in [2.24, 2.45) is 11.7 Å². The average molecular weight is 286 g/mol. The van der Waals surface area contributed by atoms with E-state index in [-0.39, 0.29) is 0 Å². The molecule has 0 aromatic heterocycles. The van der Waals surface area contributed by atoms with Gasteiger partial charge in [-0.2, -0.15) is 13.2 Å². The molecular formula is C14H17F3N2O. The molecule has 0 saturated carbocycles. The molecule has 1 unspecified atom stereocenters. The van der Waals surface area contributed by atoms with Crippen LogP contribution in [0.4, 0.5) is 18.9 Å². The summed E-state index contributed by atoms with van der Waals surface area (Å²) in [5.41, 5.74) is 7.26. The van der Waals surface area contributed by atoms with Gasteiger partial charge in [0.2, 0.25) is 5.91 Å². The van der Waals surface area contributed by atoms with Gasteiger partial charge in [0, 0.05) is 24.7 Å². The Morgan fingerprint density at radius 3 is 2.50 bits per heavy atom. The molecular weight excluding hydrogens is 269 g/mol. The topological polar surface area (TPSA) is 46.3 Å². The van der Waals surface area contributed by atoms with Gasteiger partial charge in [-0.1, -0.05) is 25.1 Å². The first-order valence-electron chi connectivity index (χ1n) is 6.43. The highest BCUT2D eigenvalue weighted by Crippen LogP contribution is 2.42. The first-order valence-corrected chi connectivity index (χ1v) is 6.43. The van der Waals surface area contributed by atoms with Gasteiger partial charge in [0.25, 0.3) is 0 Å². The third-order valence-corrected chi connectivity index (χ3v) is 3.84. The third-order valence-electron chi connectivity index (χ3n) is 3.84. The summed E-state index contributed by atoms with van der Waals surface area (Å²) in [7, 11) is 0. The maximum atomic E-state index is 12.8. The molecule has 1 aliphatic heterocycles. The van der Waals surface area contributed by atoms with Gasteiger partial charge in [-0.25, -0.2) is 0 Å². The molecule has 1 aromatic rings. The van der Waals surface area contributed by atoms with E-state index >= 15 is 0 Å². The molecule has 20 heavy (non-hydrogen) atoms. The minimum absolute atomic E-state index is 0.398. The molecule has 3 atom stereocenters. The van der Waals surface area contributed by atoms with Crippen molar-refractivity contribution >= 4 is 11.6 Å². The van der Waals surface area contributed by atoms with Gasteiger partial charge < -0.3 is 10.6 Å². The van der Waals surface area contributed by atoms with E-state index in [0.29, 0.717) is 11.3 Å². The number of nitrogens with two attached hydrogens (primary N) is 1. The van der Waals surface area contributed by atoms with Crippen molar-refractivity contribution < 1.29 is 18.0 Å². The van der Waals surface area contributed by atoms with E-state index in [1.54, 1.807) is 31.2 Å². The molecule has 0 aliphatic carbocycles. The van der Waals surface area contributed by atoms with E-state index < -0.39 is 36.5 Å². The minimum atomic E-state index is -4.33. The molecule has 0 spiro atoms. The number of alkyl halides is 3. The van der Waals surface area contributed by atoms with Crippen molar-refractivity contribution in [2.75, 3.05) is 4.90 Å². The number of nitrogens with zero attached hydrogens (tertiary/aromatic N) is 1. The standard InChI is InChI=1S/C14H17F3N2O/c1-8-12(7-14(15,16)17)19(9(2)20)11-6-4-3-5-10(11)13(8)18/h3-6,8,12-13H,7,18H2,1-2H3/t8-,12?,13+/m0/s1. The minimum Gasteiger partial charge on any atom is -0.324 e. The molecule has 1 aliphatic rings. The van der Waals surface area contributed by atoms with Crippen LogP contribution in [0.1, 0.15) is 31.9 Å². The normalized spacial score (nSPS) is 26.3. The second-order valence-corrected chi connectivity index (χ2v) is 5.22. The molecule has 0 saturated heterocycles. The highest BCUT2D eigenvalue weighted by Gasteiger charge is 2.44. The van der Waals surface area contributed by atoms with Crippen LogP contribution in [0.15, 0.2) is 24.3 Å². The molecule has 1 aromatic carbocycles. The van der Waals surface area contributed by atoms with Gasteiger partial charge in [0.15, 0.2) is 0 Å². The lowest BCUT2D eigenvalue weighted by Crippen LogP contribution is -2.52. The van der Waals surface area contributed by atoms with Crippen LogP contribution < -0.4 is 10.6 Å². The summed E-state index contributed by atoms with van der Waals surface area (Å²) in [6, 6.07) is 5.41. The zero-order valence-electron chi connectivity index (χ0n) is 11.3. The molecule has 2 N–H and O–H groups in total. The van der Waals surface area contributed by atoms with Crippen LogP contribution in [0.2, 0.25) is 0 Å². The number of halogens is 3. The van der Waals surface area contributed by atoms with Gasteiger partial charge in [-0.05, 0) is 17.5 Å². The molecule has 0 fully saturated rings. The van der Waals surface area contributed by atoms with Gasteiger partial charge in [0.05, 0.1) is 6.42 Å². The van der Waals surface area contributed by atoms with Crippen LogP contribution in [-0.4, -0.2) is 18.1 Å². The Morgan fingerprint density at radius 2 is 1.95 bits per heavy atom. The Bertz CT molecular complexity index is 515. The van der Waals surface area contributed by atoms with E-state index in [4.69, 9.17) is 5.73 Å². The predicted molar refractivity (Wildman–Crippen MR) is 70.2 cm³/mol. The fourth-order valence-corrected chi connectivity index (χ4v) is 2.84. The molecule has 1 amide bonds. The number of anilines is 1. The SMILES string of the molecule is CC(=O)N1c2ccccc2[C@H](N)[C@@H](C)C1CC(F)(F)F. The predicted octanol–water partition coefficient (Wildman–Crippen LogP) is 3.01. The maximum Gasteiger partial charge on any atom is 0.391 e. The number of hydrogen-bond donors (Lipinski definition) is 1. The second kappa shape index (κ2) is 5.09. The monoisotopic (exact) mass is 286 g/mol. The number of carbonyl (C=O) groups is 1. The van der Waals surface area contributed by atoms with E-state index in [1.165, 1.54) is 11.8 Å². The zero-order valence-corrected chi connectivity index (χ0v) is 11.3. The Kier molecular flexibility index (Phi) is 3.77. The van der Waals surface area contributed by atoms with Crippen LogP contribution in [0.3, 0.4) is 0 Å². The first kappa shape index (κ1) is 14.8. The van der Waals surface area contributed by atoms with E-state index in [0.717, 1.165) is 0 Å². The van der Waals surface area contributed by atoms with Crippen molar-refractivity contribution in [1.82, 2.24) is 0 Å². The Balaban J connectivity index is 2.50. The highest BCUT2D eigenvalue weighted by molar-refractivity contribution is 5.93. The summed E-state index contributed by atoms with van der Waals surface area (Å²) in [4.78, 5) is 13.1. The summed E-state index contributed by atoms with van der Waals surface area (Å²) in [6.07, 6.45) is -5.38. The van der Waals surface area contributed by atoms with Crippen molar-refractivity contribution in [3.63, 3.8) is 0 Å². The number of benzene rings is 1. The zero-order chi connectivity index (χ0) is 15.1. The Labute approximate surface area is 115 Å². The number of rotatable bonds is 1. The molecule has 0 radical (unpaired) electrons. The van der Waals surface area contributed by atoms with Crippen LogP contribution in [0.25, 0.3) is 0 Å². The lowest BCUT2D eigenvalue weighted by atomic mass is 9.81. The first-order chi connectivity index (χ1) is 9.22. The number of carbonyl (C=O) groups excluding carboxylic acids is 1. The number of fused-ring (bicyclic) bond motifs is 1. The average Bonchev–Trinajstić information content (AvgIpc) is 2.34. The maximum absolute atomic E-state index is 12.8. The van der Waals surface area contributed by atoms with Crippen molar-refractivity contribution in [3.05, 3.63) is 29.8 Å². The van der Waals surface area contributed by atoms with Gasteiger partial charge in [-0.3, -0.25) is 4.79 Å². The molecule has 2 rings (SSSR count). The molecule has 0 bridgehead atoms. The summed E-state index contributed by atoms with van der Waals surface area (Å²) in [6.45, 7) is 2.94. The number of amides is 1. The summed E-state index contributed by atoms with van der Waals surface area (Å²) in [5, 5.41) is 0. The van der Waals surface area contributed by atoms with Gasteiger partial charge in [0.1, 0.15) is 0 Å². The molecule has 1 heterocycles. The highest BCUT2D eigenvalue weighted by atomic mass is 19.4. The summed E-state index contributed by atoms with van der Waals surface area (Å²) in [5.74, 6) is -0.860. The summed E-state index contributed by atoms with van der Waals surface area (Å²) < 4.78 is 38.3. The number of hydrogen-bond acceptors (Lipinski definition) is 2. The smallest absolute Gasteiger partial charge is 0.324 e. The second-order valence-electron chi connectivity index (χ2n) is 5.22. The van der Waals surface area contributed by atoms with Crippen LogP contribution in [0, 0.1) is 5.92 Å². The largest absolute Gasteiger partial charge is 0.391 e. The lowest BCUT2D eigenvalue weighted by Gasteiger charge is -2.44. The molecule has 6 heteroatoms. The van der Waals surface area contributed by atoms with E-state index in [2.05, 4.69) is 0 Å². The quantitative estimate of drug-likeness (QED) is 0.862. The molecule has 110 valence electrons. The Hall–Kier alpha value is -1.56. The van der Waals surface area contributed by atoms with Gasteiger partial charge >= 0.3 is 6.18 Å². The molecule has 3 nitrogen and oxygen atoms in total. The fraction of sp³-hybridized carbons (Fsp3) is 0.500. The van der Waals surface area contributed by atoms with Crippen LogP contribution in [-0.2, 0) is 4.79 Å². The fourth-order valence-electron chi connectivity index (χ4n) is 2.84. The third kappa shape index (κ3) is 2.65. The van der Waals surface area contributed by atoms with Crippen molar-refractivity contribution in [1.29, 1.82) is 0 Å². The summed E-state index contributed by atoms with van der Waals surface area (Å²) >= 11 is 0. The van der Waals surface area contributed by atoms with Crippen molar-refractivity contribution in [2.45, 2.75) is 38.5 Å². The van der Waals surface area contributed by atoms with Crippen LogP contribution in [0.5, 0.6) is 0 Å². The van der Waals surface area contributed by atoms with Gasteiger partial charge in [-0.15, -0.1) is 0 Å². The number of para-hydroxylation sites is 1.